The van der Waals surface area contributed by atoms with Gasteiger partial charge in [-0.25, -0.2) is 0 Å². The van der Waals surface area contributed by atoms with Gasteiger partial charge < -0.3 is 10.5 Å². The summed E-state index contributed by atoms with van der Waals surface area (Å²) < 4.78 is 7.07. The van der Waals surface area contributed by atoms with Crippen LogP contribution in [0.25, 0.3) is 0 Å². The molecule has 104 valence electrons. The first-order valence-corrected chi connectivity index (χ1v) is 8.33. The first-order chi connectivity index (χ1) is 9.61. The number of hydrogen-bond donors (Lipinski definition) is 1. The van der Waals surface area contributed by atoms with Crippen LogP contribution in [-0.4, -0.2) is 11.9 Å². The average molecular weight is 350 g/mol. The van der Waals surface area contributed by atoms with Crippen molar-refractivity contribution in [2.75, 3.05) is 11.5 Å². The second kappa shape index (κ2) is 5.70. The van der Waals surface area contributed by atoms with Crippen molar-refractivity contribution < 1.29 is 4.74 Å². The van der Waals surface area contributed by atoms with E-state index < -0.39 is 0 Å². The number of halogens is 1. The van der Waals surface area contributed by atoms with E-state index in [-0.39, 0.29) is 6.10 Å². The van der Waals surface area contributed by atoms with Gasteiger partial charge in [-0.05, 0) is 48.4 Å². The molecule has 0 fully saturated rings. The van der Waals surface area contributed by atoms with Crippen molar-refractivity contribution in [1.29, 1.82) is 0 Å². The fourth-order valence-electron chi connectivity index (χ4n) is 2.36. The highest BCUT2D eigenvalue weighted by molar-refractivity contribution is 9.10. The fourth-order valence-corrected chi connectivity index (χ4v) is 3.71. The molecule has 3 rings (SSSR count). The Morgan fingerprint density at radius 3 is 2.95 bits per heavy atom. The van der Waals surface area contributed by atoms with Crippen molar-refractivity contribution in [3.63, 3.8) is 0 Å². The van der Waals surface area contributed by atoms with Crippen molar-refractivity contribution in [1.82, 2.24) is 0 Å². The predicted octanol–water partition coefficient (Wildman–Crippen LogP) is 4.44. The summed E-state index contributed by atoms with van der Waals surface area (Å²) in [6.07, 6.45) is 1.19. The Balaban J connectivity index is 1.63. The van der Waals surface area contributed by atoms with E-state index >= 15 is 0 Å². The van der Waals surface area contributed by atoms with Crippen LogP contribution >= 0.6 is 27.7 Å². The lowest BCUT2D eigenvalue weighted by Gasteiger charge is -2.11. The summed E-state index contributed by atoms with van der Waals surface area (Å²) in [5, 5.41) is 0. The maximum Gasteiger partial charge on any atom is 0.123 e. The second-order valence-electron chi connectivity index (χ2n) is 5.05. The molecule has 2 N–H and O–H groups in total. The van der Waals surface area contributed by atoms with Gasteiger partial charge in [0.2, 0.25) is 0 Å². The van der Waals surface area contributed by atoms with Gasteiger partial charge in [0.1, 0.15) is 11.9 Å². The number of nitrogen functional groups attached to an aromatic ring is 1. The highest BCUT2D eigenvalue weighted by atomic mass is 79.9. The van der Waals surface area contributed by atoms with Crippen LogP contribution in [0, 0.1) is 6.92 Å². The van der Waals surface area contributed by atoms with Crippen molar-refractivity contribution in [3.8, 4) is 5.75 Å². The largest absolute Gasteiger partial charge is 0.489 e. The summed E-state index contributed by atoms with van der Waals surface area (Å²) in [5.41, 5.74) is 9.37. The molecule has 0 aromatic heterocycles. The van der Waals surface area contributed by atoms with E-state index in [9.17, 15) is 0 Å². The van der Waals surface area contributed by atoms with Crippen molar-refractivity contribution in [2.24, 2.45) is 0 Å². The zero-order valence-electron chi connectivity index (χ0n) is 11.2. The molecule has 1 aliphatic heterocycles. The molecule has 0 bridgehead atoms. The summed E-state index contributed by atoms with van der Waals surface area (Å²) in [6.45, 7) is 2.05. The number of benzene rings is 2. The summed E-state index contributed by atoms with van der Waals surface area (Å²) in [7, 11) is 0. The Bertz CT molecular complexity index is 644. The molecular formula is C16H16BrNOS. The Morgan fingerprint density at radius 2 is 2.15 bits per heavy atom. The third kappa shape index (κ3) is 2.96. The Labute approximate surface area is 131 Å². The van der Waals surface area contributed by atoms with E-state index in [1.165, 1.54) is 11.1 Å². The topological polar surface area (TPSA) is 35.2 Å². The van der Waals surface area contributed by atoms with Crippen LogP contribution < -0.4 is 10.5 Å². The van der Waals surface area contributed by atoms with Crippen LogP contribution in [0.5, 0.6) is 5.75 Å². The highest BCUT2D eigenvalue weighted by Gasteiger charge is 2.23. The molecule has 0 radical (unpaired) electrons. The van der Waals surface area contributed by atoms with Crippen LogP contribution in [0.2, 0.25) is 0 Å². The van der Waals surface area contributed by atoms with Gasteiger partial charge in [0.05, 0.1) is 0 Å². The molecule has 2 aromatic carbocycles. The van der Waals surface area contributed by atoms with E-state index in [2.05, 4.69) is 41.1 Å². The first-order valence-electron chi connectivity index (χ1n) is 6.56. The number of anilines is 1. The van der Waals surface area contributed by atoms with E-state index in [0.717, 1.165) is 33.0 Å². The van der Waals surface area contributed by atoms with E-state index in [0.29, 0.717) is 0 Å². The molecule has 1 unspecified atom stereocenters. The van der Waals surface area contributed by atoms with E-state index in [1.807, 2.05) is 18.2 Å². The molecule has 0 amide bonds. The van der Waals surface area contributed by atoms with Crippen LogP contribution in [0.15, 0.2) is 45.8 Å². The Kier molecular flexibility index (Phi) is 3.94. The van der Waals surface area contributed by atoms with Crippen molar-refractivity contribution >= 4 is 33.4 Å². The number of ether oxygens (including phenoxy) is 1. The average Bonchev–Trinajstić information content (AvgIpc) is 2.79. The van der Waals surface area contributed by atoms with Crippen molar-refractivity contribution in [3.05, 3.63) is 52.0 Å². The van der Waals surface area contributed by atoms with Gasteiger partial charge >= 0.3 is 0 Å². The number of thioether (sulfide) groups is 1. The monoisotopic (exact) mass is 349 g/mol. The summed E-state index contributed by atoms with van der Waals surface area (Å²) in [5.74, 6) is 1.93. The lowest BCUT2D eigenvalue weighted by Crippen LogP contribution is -2.15. The van der Waals surface area contributed by atoms with Gasteiger partial charge in [-0.1, -0.05) is 22.0 Å². The van der Waals surface area contributed by atoms with Crippen LogP contribution in [0.1, 0.15) is 11.1 Å². The number of aryl methyl sites for hydroxylation is 1. The van der Waals surface area contributed by atoms with Gasteiger partial charge in [-0.15, -0.1) is 11.8 Å². The number of nitrogens with two attached hydrogens (primary N) is 1. The SMILES string of the molecule is Cc1ccc(SCC2Cc3cc(Br)ccc3O2)c(N)c1. The number of rotatable bonds is 3. The van der Waals surface area contributed by atoms with Gasteiger partial charge in [-0.3, -0.25) is 0 Å². The van der Waals surface area contributed by atoms with Gasteiger partial charge in [-0.2, -0.15) is 0 Å². The van der Waals surface area contributed by atoms with Crippen LogP contribution in [0.3, 0.4) is 0 Å². The smallest absolute Gasteiger partial charge is 0.123 e. The molecule has 20 heavy (non-hydrogen) atoms. The minimum Gasteiger partial charge on any atom is -0.489 e. The third-order valence-electron chi connectivity index (χ3n) is 3.35. The molecule has 1 aliphatic rings. The summed E-state index contributed by atoms with van der Waals surface area (Å²) in [6, 6.07) is 12.4. The quantitative estimate of drug-likeness (QED) is 0.657. The molecule has 0 saturated heterocycles. The highest BCUT2D eigenvalue weighted by Crippen LogP contribution is 2.34. The maximum atomic E-state index is 6.04. The van der Waals surface area contributed by atoms with E-state index in [4.69, 9.17) is 10.5 Å². The maximum absolute atomic E-state index is 6.04. The number of fused-ring (bicyclic) bond motifs is 1. The third-order valence-corrected chi connectivity index (χ3v) is 5.07. The first kappa shape index (κ1) is 13.8. The second-order valence-corrected chi connectivity index (χ2v) is 7.03. The molecular weight excluding hydrogens is 334 g/mol. The van der Waals surface area contributed by atoms with Gasteiger partial charge in [0, 0.05) is 27.2 Å². The molecule has 1 atom stereocenters. The Morgan fingerprint density at radius 1 is 1.30 bits per heavy atom. The zero-order chi connectivity index (χ0) is 14.1. The molecule has 0 spiro atoms. The normalized spacial score (nSPS) is 16.8. The minimum atomic E-state index is 0.227. The molecule has 0 saturated carbocycles. The molecule has 1 heterocycles. The predicted molar refractivity (Wildman–Crippen MR) is 88.6 cm³/mol. The summed E-state index contributed by atoms with van der Waals surface area (Å²) >= 11 is 5.27. The molecule has 2 nitrogen and oxygen atoms in total. The minimum absolute atomic E-state index is 0.227. The molecule has 4 heteroatoms. The van der Waals surface area contributed by atoms with Crippen LogP contribution in [-0.2, 0) is 6.42 Å². The standard InChI is InChI=1S/C16H16BrNOS/c1-10-2-5-16(14(18)6-10)20-9-13-8-11-7-12(17)3-4-15(11)19-13/h2-7,13H,8-9,18H2,1H3. The van der Waals surface area contributed by atoms with Gasteiger partial charge in [0.15, 0.2) is 0 Å². The van der Waals surface area contributed by atoms with Gasteiger partial charge in [0.25, 0.3) is 0 Å². The van der Waals surface area contributed by atoms with E-state index in [1.54, 1.807) is 11.8 Å². The molecule has 0 aliphatic carbocycles. The molecule has 2 aromatic rings. The summed E-state index contributed by atoms with van der Waals surface area (Å²) in [4.78, 5) is 1.14. The lowest BCUT2D eigenvalue weighted by molar-refractivity contribution is 0.259. The number of hydrogen-bond acceptors (Lipinski definition) is 3. The Hall–Kier alpha value is -1.13. The van der Waals surface area contributed by atoms with Crippen molar-refractivity contribution in [2.45, 2.75) is 24.3 Å². The fraction of sp³-hybridized carbons (Fsp3) is 0.250. The zero-order valence-corrected chi connectivity index (χ0v) is 13.6. The lowest BCUT2D eigenvalue weighted by atomic mass is 10.1. The van der Waals surface area contributed by atoms with Crippen LogP contribution in [0.4, 0.5) is 5.69 Å².